The van der Waals surface area contributed by atoms with Crippen LogP contribution in [0.2, 0.25) is 0 Å². The molecule has 1 aliphatic heterocycles. The smallest absolute Gasteiger partial charge is 0.191 e. The van der Waals surface area contributed by atoms with Crippen LogP contribution < -0.4 is 5.32 Å². The van der Waals surface area contributed by atoms with E-state index in [1.54, 1.807) is 5.01 Å². The summed E-state index contributed by atoms with van der Waals surface area (Å²) in [5.41, 5.74) is 0. The number of nitrogens with one attached hydrogen (secondary N) is 1. The largest absolute Gasteiger partial charge is 0.394 e. The Morgan fingerprint density at radius 1 is 1.75 bits per heavy atom. The van der Waals surface area contributed by atoms with E-state index in [-0.39, 0.29) is 18.2 Å². The van der Waals surface area contributed by atoms with Gasteiger partial charge >= 0.3 is 0 Å². The van der Waals surface area contributed by atoms with Gasteiger partial charge < -0.3 is 15.5 Å². The molecule has 0 aromatic rings. The molecule has 2 unspecified atom stereocenters. The van der Waals surface area contributed by atoms with Gasteiger partial charge in [0.1, 0.15) is 0 Å². The van der Waals surface area contributed by atoms with E-state index in [9.17, 15) is 0 Å². The Bertz CT molecular complexity index is 190. The van der Waals surface area contributed by atoms with Gasteiger partial charge in [-0.05, 0) is 31.9 Å². The van der Waals surface area contributed by atoms with Gasteiger partial charge in [0.25, 0.3) is 0 Å². The van der Waals surface area contributed by atoms with Gasteiger partial charge in [-0.2, -0.15) is 0 Å². The van der Waals surface area contributed by atoms with Crippen LogP contribution in [0.4, 0.5) is 0 Å². The topological polar surface area (TPSA) is 68.1 Å². The highest BCUT2D eigenvalue weighted by molar-refractivity contribution is 9.18. The zero-order valence-corrected chi connectivity index (χ0v) is 9.29. The summed E-state index contributed by atoms with van der Waals surface area (Å²) in [6.45, 7) is 0.0257. The Morgan fingerprint density at radius 3 is 2.83 bits per heavy atom. The van der Waals surface area contributed by atoms with Gasteiger partial charge in [0.2, 0.25) is 0 Å². The summed E-state index contributed by atoms with van der Waals surface area (Å²) in [7, 11) is 0. The van der Waals surface area contributed by atoms with Gasteiger partial charge in [0.15, 0.2) is 9.82 Å². The second-order valence-electron chi connectivity index (χ2n) is 2.33. The number of halogens is 2. The first-order valence-corrected chi connectivity index (χ1v) is 5.04. The minimum atomic E-state index is -0.769. The molecule has 0 aromatic heterocycles. The minimum Gasteiger partial charge on any atom is -0.394 e. The molecule has 0 bridgehead atoms. The second-order valence-corrected chi connectivity index (χ2v) is 3.95. The molecule has 5 nitrogen and oxygen atoms in total. The van der Waals surface area contributed by atoms with Crippen molar-refractivity contribution in [2.45, 2.75) is 11.2 Å². The zero-order valence-electron chi connectivity index (χ0n) is 6.11. The van der Waals surface area contributed by atoms with Crippen molar-refractivity contribution in [3.63, 3.8) is 0 Å². The Balaban J connectivity index is 2.42. The Hall–Kier alpha value is 0.150. The summed E-state index contributed by atoms with van der Waals surface area (Å²) in [6, 6.07) is 0. The number of nitrogens with zero attached hydrogens (tertiary/aromatic N) is 2. The molecule has 70 valence electrons. The lowest BCUT2D eigenvalue weighted by Crippen LogP contribution is -2.37. The first-order chi connectivity index (χ1) is 5.63. The molecule has 0 saturated heterocycles. The van der Waals surface area contributed by atoms with E-state index in [0.717, 1.165) is 0 Å². The van der Waals surface area contributed by atoms with Crippen LogP contribution >= 0.6 is 31.9 Å². The van der Waals surface area contributed by atoms with E-state index in [2.05, 4.69) is 42.3 Å². The molecule has 1 aliphatic rings. The average molecular weight is 303 g/mol. The summed E-state index contributed by atoms with van der Waals surface area (Å²) >= 11 is 6.43. The molecule has 2 atom stereocenters. The van der Waals surface area contributed by atoms with Gasteiger partial charge in [-0.15, -0.1) is 5.10 Å². The number of hydrazone groups is 1. The standard InChI is InChI=1S/C5H9Br2N3O2/c6-4-8-5(7)10(9-4)1-3(12)2-11/h3,5,11-12H,1-2H2,(H,8,9). The van der Waals surface area contributed by atoms with Crippen LogP contribution in [0.5, 0.6) is 0 Å². The zero-order chi connectivity index (χ0) is 9.14. The quantitative estimate of drug-likeness (QED) is 0.490. The third-order valence-corrected chi connectivity index (χ3v) is 2.41. The average Bonchev–Trinajstić information content (AvgIpc) is 2.30. The minimum absolute atomic E-state index is 0.131. The van der Waals surface area contributed by atoms with Gasteiger partial charge in [-0.1, -0.05) is 0 Å². The molecule has 0 saturated carbocycles. The highest BCUT2D eigenvalue weighted by atomic mass is 79.9. The lowest BCUT2D eigenvalue weighted by atomic mass is 10.4. The Kier molecular flexibility index (Phi) is 3.76. The summed E-state index contributed by atoms with van der Waals surface area (Å²) in [6.07, 6.45) is -0.769. The fourth-order valence-corrected chi connectivity index (χ4v) is 1.98. The molecule has 7 heteroatoms. The predicted molar refractivity (Wildman–Crippen MR) is 52.0 cm³/mol. The third kappa shape index (κ3) is 2.58. The van der Waals surface area contributed by atoms with Crippen molar-refractivity contribution in [3.8, 4) is 0 Å². The number of hydrogen-bond donors (Lipinski definition) is 3. The SMILES string of the molecule is OCC(O)CN1N=C(Br)NC1Br. The molecule has 3 N–H and O–H groups in total. The van der Waals surface area contributed by atoms with Gasteiger partial charge in [0, 0.05) is 0 Å². The summed E-state index contributed by atoms with van der Waals surface area (Å²) < 4.78 is 0.606. The molecule has 0 radical (unpaired) electrons. The molecule has 0 aliphatic carbocycles. The van der Waals surface area contributed by atoms with E-state index < -0.39 is 6.10 Å². The number of β-amino-alcohol motifs (C(OH)–C–C–N with tert-alkyl or cyclic N) is 1. The lowest BCUT2D eigenvalue weighted by molar-refractivity contribution is 0.0596. The molecular weight excluding hydrogens is 294 g/mol. The van der Waals surface area contributed by atoms with Crippen LogP contribution in [-0.4, -0.2) is 44.3 Å². The number of hydrogen-bond acceptors (Lipinski definition) is 5. The van der Waals surface area contributed by atoms with E-state index in [1.165, 1.54) is 0 Å². The maximum atomic E-state index is 9.10. The van der Waals surface area contributed by atoms with Crippen LogP contribution in [-0.2, 0) is 0 Å². The summed E-state index contributed by atoms with van der Waals surface area (Å²) in [5, 5.41) is 26.0. The molecule has 0 aromatic carbocycles. The van der Waals surface area contributed by atoms with E-state index in [4.69, 9.17) is 10.2 Å². The monoisotopic (exact) mass is 301 g/mol. The first kappa shape index (κ1) is 10.2. The van der Waals surface area contributed by atoms with E-state index >= 15 is 0 Å². The molecule has 0 spiro atoms. The summed E-state index contributed by atoms with van der Waals surface area (Å²) in [4.78, 5) is 0. The number of aliphatic hydroxyl groups is 2. The molecule has 0 amide bonds. The van der Waals surface area contributed by atoms with Crippen molar-refractivity contribution < 1.29 is 10.2 Å². The fraction of sp³-hybridized carbons (Fsp3) is 0.800. The predicted octanol–water partition coefficient (Wildman–Crippen LogP) is -0.411. The number of amidine groups is 1. The van der Waals surface area contributed by atoms with Crippen molar-refractivity contribution in [2.24, 2.45) is 5.10 Å². The van der Waals surface area contributed by atoms with E-state index in [0.29, 0.717) is 4.74 Å². The maximum absolute atomic E-state index is 9.10. The highest BCUT2D eigenvalue weighted by Gasteiger charge is 2.22. The van der Waals surface area contributed by atoms with Crippen LogP contribution in [0.15, 0.2) is 5.10 Å². The van der Waals surface area contributed by atoms with Crippen LogP contribution in [0.3, 0.4) is 0 Å². The van der Waals surface area contributed by atoms with Crippen LogP contribution in [0.1, 0.15) is 0 Å². The van der Waals surface area contributed by atoms with Crippen molar-refractivity contribution >= 4 is 36.6 Å². The summed E-state index contributed by atoms with van der Waals surface area (Å²) in [5.74, 6) is 0. The Labute approximate surface area is 86.7 Å². The number of rotatable bonds is 3. The first-order valence-electron chi connectivity index (χ1n) is 3.33. The fourth-order valence-electron chi connectivity index (χ4n) is 0.772. The van der Waals surface area contributed by atoms with Crippen molar-refractivity contribution in [3.05, 3.63) is 0 Å². The van der Waals surface area contributed by atoms with Gasteiger partial charge in [-0.25, -0.2) is 0 Å². The van der Waals surface area contributed by atoms with E-state index in [1.807, 2.05) is 0 Å². The Morgan fingerprint density at radius 2 is 2.42 bits per heavy atom. The molecule has 12 heavy (non-hydrogen) atoms. The third-order valence-electron chi connectivity index (χ3n) is 1.32. The van der Waals surface area contributed by atoms with Gasteiger partial charge in [-0.3, -0.25) is 5.01 Å². The lowest BCUT2D eigenvalue weighted by Gasteiger charge is -2.19. The second kappa shape index (κ2) is 4.40. The van der Waals surface area contributed by atoms with Gasteiger partial charge in [0.05, 0.1) is 19.3 Å². The molecular formula is C5H9Br2N3O2. The molecule has 1 rings (SSSR count). The van der Waals surface area contributed by atoms with Crippen molar-refractivity contribution in [1.29, 1.82) is 0 Å². The van der Waals surface area contributed by atoms with Crippen LogP contribution in [0, 0.1) is 0 Å². The number of aliphatic hydroxyl groups excluding tert-OH is 2. The molecule has 0 fully saturated rings. The van der Waals surface area contributed by atoms with Crippen LogP contribution in [0.25, 0.3) is 0 Å². The normalized spacial score (nSPS) is 25.2. The highest BCUT2D eigenvalue weighted by Crippen LogP contribution is 2.13. The number of alkyl halides is 1. The molecule has 1 heterocycles. The maximum Gasteiger partial charge on any atom is 0.191 e. The van der Waals surface area contributed by atoms with Crippen molar-refractivity contribution in [1.82, 2.24) is 10.3 Å². The van der Waals surface area contributed by atoms with Crippen molar-refractivity contribution in [2.75, 3.05) is 13.2 Å².